The highest BCUT2D eigenvalue weighted by molar-refractivity contribution is 5.97. The van der Waals surface area contributed by atoms with Crippen molar-refractivity contribution < 1.29 is 14.3 Å². The van der Waals surface area contributed by atoms with Gasteiger partial charge in [-0.25, -0.2) is 4.79 Å². The molecule has 4 heteroatoms. The maximum atomic E-state index is 12.5. The first-order valence-corrected chi connectivity index (χ1v) is 9.47. The SMILES string of the molecule is CCOC(=O)/C=C1/C=CC2(CCCN(CC(=O)c3ccccc3)C2)CC1. The third-order valence-electron chi connectivity index (χ3n) is 5.30. The van der Waals surface area contributed by atoms with Crippen LogP contribution in [0.1, 0.15) is 43.0 Å². The fourth-order valence-corrected chi connectivity index (χ4v) is 3.95. The lowest BCUT2D eigenvalue weighted by Crippen LogP contribution is -2.45. The summed E-state index contributed by atoms with van der Waals surface area (Å²) in [5, 5.41) is 0. The van der Waals surface area contributed by atoms with Crippen molar-refractivity contribution in [3.05, 3.63) is 59.7 Å². The Morgan fingerprint density at radius 2 is 2.04 bits per heavy atom. The van der Waals surface area contributed by atoms with Gasteiger partial charge in [-0.15, -0.1) is 0 Å². The van der Waals surface area contributed by atoms with Crippen molar-refractivity contribution in [3.63, 3.8) is 0 Å². The van der Waals surface area contributed by atoms with Gasteiger partial charge in [0.2, 0.25) is 0 Å². The molecule has 4 nitrogen and oxygen atoms in total. The molecule has 1 aliphatic carbocycles. The number of carbonyl (C=O) groups excluding carboxylic acids is 2. The maximum Gasteiger partial charge on any atom is 0.331 e. The number of likely N-dealkylation sites (tertiary alicyclic amines) is 1. The summed E-state index contributed by atoms with van der Waals surface area (Å²) in [5.74, 6) is -0.0767. The van der Waals surface area contributed by atoms with Crippen molar-refractivity contribution >= 4 is 11.8 Å². The van der Waals surface area contributed by atoms with Gasteiger partial charge < -0.3 is 4.74 Å². The lowest BCUT2D eigenvalue weighted by Gasteiger charge is -2.42. The first-order chi connectivity index (χ1) is 12.6. The van der Waals surface area contributed by atoms with Crippen LogP contribution >= 0.6 is 0 Å². The molecule has 1 heterocycles. The molecule has 3 rings (SSSR count). The number of allylic oxidation sites excluding steroid dienone is 2. The second-order valence-corrected chi connectivity index (χ2v) is 7.27. The van der Waals surface area contributed by atoms with Crippen LogP contribution in [0.3, 0.4) is 0 Å². The second-order valence-electron chi connectivity index (χ2n) is 7.27. The van der Waals surface area contributed by atoms with E-state index in [0.717, 1.165) is 49.9 Å². The summed E-state index contributed by atoms with van der Waals surface area (Å²) in [6, 6.07) is 9.52. The smallest absolute Gasteiger partial charge is 0.331 e. The first kappa shape index (κ1) is 18.6. The maximum absolute atomic E-state index is 12.5. The quantitative estimate of drug-likeness (QED) is 0.459. The normalized spacial score (nSPS) is 24.7. The van der Waals surface area contributed by atoms with E-state index in [0.29, 0.717) is 13.2 Å². The summed E-state index contributed by atoms with van der Waals surface area (Å²) in [6.07, 6.45) is 10.1. The van der Waals surface area contributed by atoms with E-state index >= 15 is 0 Å². The van der Waals surface area contributed by atoms with Crippen LogP contribution in [0.5, 0.6) is 0 Å². The monoisotopic (exact) mass is 353 g/mol. The molecule has 26 heavy (non-hydrogen) atoms. The highest BCUT2D eigenvalue weighted by Gasteiger charge is 2.35. The Bertz CT molecular complexity index is 707. The molecule has 0 N–H and O–H groups in total. The van der Waals surface area contributed by atoms with Crippen LogP contribution in [0.25, 0.3) is 0 Å². The van der Waals surface area contributed by atoms with Crippen LogP contribution in [0.4, 0.5) is 0 Å². The minimum absolute atomic E-state index is 0.126. The Morgan fingerprint density at radius 3 is 2.73 bits per heavy atom. The van der Waals surface area contributed by atoms with Crippen molar-refractivity contribution in [2.75, 3.05) is 26.2 Å². The van der Waals surface area contributed by atoms with Crippen molar-refractivity contribution in [1.82, 2.24) is 4.90 Å². The first-order valence-electron chi connectivity index (χ1n) is 9.47. The van der Waals surface area contributed by atoms with E-state index in [2.05, 4.69) is 17.1 Å². The van der Waals surface area contributed by atoms with Gasteiger partial charge in [-0.2, -0.15) is 0 Å². The van der Waals surface area contributed by atoms with Gasteiger partial charge in [-0.05, 0) is 44.7 Å². The Labute approximate surface area is 155 Å². The molecule has 2 aliphatic rings. The zero-order valence-corrected chi connectivity index (χ0v) is 15.4. The number of ether oxygens (including phenoxy) is 1. The molecule has 0 saturated carbocycles. The molecule has 0 amide bonds. The van der Waals surface area contributed by atoms with Gasteiger partial charge in [0.25, 0.3) is 0 Å². The van der Waals surface area contributed by atoms with E-state index in [1.807, 2.05) is 37.3 Å². The second kappa shape index (κ2) is 8.45. The molecule has 1 fully saturated rings. The van der Waals surface area contributed by atoms with Gasteiger partial charge in [0.15, 0.2) is 5.78 Å². The number of hydrogen-bond donors (Lipinski definition) is 0. The van der Waals surface area contributed by atoms with E-state index in [1.54, 1.807) is 6.08 Å². The van der Waals surface area contributed by atoms with Crippen LogP contribution in [-0.4, -0.2) is 42.9 Å². The van der Waals surface area contributed by atoms with Gasteiger partial charge >= 0.3 is 5.97 Å². The van der Waals surface area contributed by atoms with Crippen LogP contribution in [-0.2, 0) is 9.53 Å². The summed E-state index contributed by atoms with van der Waals surface area (Å²) < 4.78 is 4.99. The van der Waals surface area contributed by atoms with E-state index in [-0.39, 0.29) is 17.2 Å². The third-order valence-corrected chi connectivity index (χ3v) is 5.30. The fourth-order valence-electron chi connectivity index (χ4n) is 3.95. The van der Waals surface area contributed by atoms with E-state index < -0.39 is 0 Å². The predicted molar refractivity (Wildman–Crippen MR) is 102 cm³/mol. The number of rotatable bonds is 5. The Balaban J connectivity index is 1.62. The van der Waals surface area contributed by atoms with E-state index in [1.165, 1.54) is 0 Å². The zero-order valence-electron chi connectivity index (χ0n) is 15.4. The van der Waals surface area contributed by atoms with Crippen LogP contribution in [0, 0.1) is 5.41 Å². The molecule has 1 unspecified atom stereocenters. The molecular formula is C22H27NO3. The largest absolute Gasteiger partial charge is 0.463 e. The topological polar surface area (TPSA) is 46.6 Å². The van der Waals surface area contributed by atoms with Gasteiger partial charge in [0.05, 0.1) is 13.2 Å². The number of hydrogen-bond acceptors (Lipinski definition) is 4. The minimum Gasteiger partial charge on any atom is -0.463 e. The lowest BCUT2D eigenvalue weighted by atomic mass is 9.72. The summed E-state index contributed by atoms with van der Waals surface area (Å²) in [4.78, 5) is 26.4. The number of piperidine rings is 1. The number of Topliss-reactive ketones (excluding diaryl/α,β-unsaturated/α-hetero) is 1. The van der Waals surface area contributed by atoms with Gasteiger partial charge in [-0.1, -0.05) is 42.5 Å². The predicted octanol–water partition coefficient (Wildman–Crippen LogP) is 3.79. The molecule has 1 aliphatic heterocycles. The molecular weight excluding hydrogens is 326 g/mol. The number of ketones is 1. The highest BCUT2D eigenvalue weighted by Crippen LogP contribution is 2.40. The molecule has 138 valence electrons. The van der Waals surface area contributed by atoms with Crippen molar-refractivity contribution in [2.45, 2.75) is 32.6 Å². The number of esters is 1. The summed E-state index contributed by atoms with van der Waals surface area (Å²) >= 11 is 0. The van der Waals surface area contributed by atoms with Gasteiger partial charge in [0, 0.05) is 23.6 Å². The van der Waals surface area contributed by atoms with E-state index in [4.69, 9.17) is 4.74 Å². The van der Waals surface area contributed by atoms with Crippen molar-refractivity contribution in [3.8, 4) is 0 Å². The Morgan fingerprint density at radius 1 is 1.23 bits per heavy atom. The van der Waals surface area contributed by atoms with Crippen molar-refractivity contribution in [2.24, 2.45) is 5.41 Å². The highest BCUT2D eigenvalue weighted by atomic mass is 16.5. The molecule has 1 atom stereocenters. The Kier molecular flexibility index (Phi) is 6.04. The number of carbonyl (C=O) groups is 2. The van der Waals surface area contributed by atoms with E-state index in [9.17, 15) is 9.59 Å². The average Bonchev–Trinajstić information content (AvgIpc) is 2.65. The molecule has 1 saturated heterocycles. The lowest BCUT2D eigenvalue weighted by molar-refractivity contribution is -0.137. The molecule has 0 bridgehead atoms. The van der Waals surface area contributed by atoms with Crippen LogP contribution in [0.2, 0.25) is 0 Å². The fraction of sp³-hybridized carbons (Fsp3) is 0.455. The molecule has 1 aromatic carbocycles. The van der Waals surface area contributed by atoms with Crippen molar-refractivity contribution in [1.29, 1.82) is 0 Å². The molecule has 0 radical (unpaired) electrons. The van der Waals surface area contributed by atoms with Crippen LogP contribution in [0.15, 0.2) is 54.1 Å². The minimum atomic E-state index is -0.262. The molecule has 1 spiro atoms. The standard InChI is InChI=1S/C22H27NO3/c1-2-26-21(25)15-18-9-12-22(13-10-18)11-6-14-23(17-22)16-20(24)19-7-4-3-5-8-19/h3-5,7-9,12,15H,2,6,10-11,13-14,16-17H2,1H3/b18-15-. The summed E-state index contributed by atoms with van der Waals surface area (Å²) in [5.41, 5.74) is 1.94. The Hall–Kier alpha value is -2.20. The third kappa shape index (κ3) is 4.70. The average molecular weight is 353 g/mol. The van der Waals surface area contributed by atoms with Gasteiger partial charge in [0.1, 0.15) is 0 Å². The zero-order chi connectivity index (χ0) is 18.4. The van der Waals surface area contributed by atoms with Crippen LogP contribution < -0.4 is 0 Å². The van der Waals surface area contributed by atoms with Gasteiger partial charge in [-0.3, -0.25) is 9.69 Å². The number of benzene rings is 1. The summed E-state index contributed by atoms with van der Waals surface area (Å²) in [6.45, 7) is 4.58. The molecule has 0 aromatic heterocycles. The summed E-state index contributed by atoms with van der Waals surface area (Å²) in [7, 11) is 0. The number of nitrogens with zero attached hydrogens (tertiary/aromatic N) is 1. The molecule has 1 aromatic rings.